The molecule has 0 radical (unpaired) electrons. The van der Waals surface area contributed by atoms with E-state index < -0.39 is 16.6 Å². The molecule has 0 aromatic carbocycles. The van der Waals surface area contributed by atoms with Crippen LogP contribution in [-0.4, -0.2) is 46.7 Å². The molecule has 7 heteroatoms. The van der Waals surface area contributed by atoms with E-state index in [1.807, 2.05) is 0 Å². The Balaban J connectivity index is 1.64. The Labute approximate surface area is 265 Å². The topological polar surface area (TPSA) is 61.8 Å². The van der Waals surface area contributed by atoms with Gasteiger partial charge in [-0.2, -0.15) is 0 Å². The molecule has 0 bridgehead atoms. The third-order valence-corrected chi connectivity index (χ3v) is 21.3. The quantitative estimate of drug-likeness (QED) is 0.172. The summed E-state index contributed by atoms with van der Waals surface area (Å²) in [6.45, 7) is 27.2. The summed E-state index contributed by atoms with van der Waals surface area (Å²) >= 11 is 0. The average molecular weight is 631 g/mol. The van der Waals surface area contributed by atoms with Gasteiger partial charge in [-0.3, -0.25) is 9.59 Å². The molecular formula is C36H62O5Si2. The second kappa shape index (κ2) is 12.6. The maximum Gasteiger partial charge on any atom is 0.306 e. The molecule has 1 saturated heterocycles. The van der Waals surface area contributed by atoms with Crippen molar-refractivity contribution < 1.29 is 23.2 Å². The normalized spacial score (nSPS) is 36.2. The van der Waals surface area contributed by atoms with Gasteiger partial charge < -0.3 is 13.6 Å². The largest absolute Gasteiger partial charge is 0.462 e. The van der Waals surface area contributed by atoms with Gasteiger partial charge in [0.2, 0.25) is 0 Å². The van der Waals surface area contributed by atoms with Gasteiger partial charge in [0.1, 0.15) is 6.10 Å². The van der Waals surface area contributed by atoms with Crippen molar-refractivity contribution >= 4 is 28.4 Å². The van der Waals surface area contributed by atoms with E-state index in [1.54, 1.807) is 0 Å². The van der Waals surface area contributed by atoms with Gasteiger partial charge in [-0.05, 0) is 104 Å². The minimum absolute atomic E-state index is 0.0658. The van der Waals surface area contributed by atoms with Gasteiger partial charge in [0, 0.05) is 17.9 Å². The molecule has 244 valence electrons. The zero-order valence-electron chi connectivity index (χ0n) is 29.4. The van der Waals surface area contributed by atoms with Gasteiger partial charge in [-0.25, -0.2) is 0 Å². The lowest BCUT2D eigenvalue weighted by atomic mass is 9.70. The van der Waals surface area contributed by atoms with Crippen LogP contribution in [0.5, 0.6) is 0 Å². The summed E-state index contributed by atoms with van der Waals surface area (Å²) in [5.74, 6) is 0.996. The standard InChI is InChI=1S/C36H62O5Si2/c1-13-25-15-14-16-32(41-43(11,12)36(6,7)8)23(2)34(38)31-21-29-27(30(31)22-33(37)39-25)18-17-24-19-26(20-28(24)29)40-42(9,10)35(3,4)5/h17-18,21,23-30,32H,13-16,19-20,22H2,1-12H3/t23-,24-,25+,26-,27-,28-,29-,30+,32+/m1/s1. The molecule has 4 rings (SSSR count). The number of carbonyl (C=O) groups excluding carboxylic acids is 2. The maximum absolute atomic E-state index is 14.5. The highest BCUT2D eigenvalue weighted by atomic mass is 28.4. The highest BCUT2D eigenvalue weighted by Gasteiger charge is 2.52. The molecule has 0 amide bonds. The summed E-state index contributed by atoms with van der Waals surface area (Å²) < 4.78 is 20.0. The zero-order valence-corrected chi connectivity index (χ0v) is 31.4. The first-order valence-electron chi connectivity index (χ1n) is 17.2. The van der Waals surface area contributed by atoms with E-state index in [-0.39, 0.29) is 70.2 Å². The molecule has 1 aliphatic heterocycles. The summed E-state index contributed by atoms with van der Waals surface area (Å²) in [6, 6.07) is 0. The number of ether oxygens (including phenoxy) is 1. The molecule has 43 heavy (non-hydrogen) atoms. The van der Waals surface area contributed by atoms with E-state index in [0.29, 0.717) is 11.8 Å². The van der Waals surface area contributed by atoms with Gasteiger partial charge in [0.15, 0.2) is 22.4 Å². The molecular weight excluding hydrogens is 569 g/mol. The van der Waals surface area contributed by atoms with Crippen LogP contribution in [0.4, 0.5) is 0 Å². The van der Waals surface area contributed by atoms with Crippen LogP contribution in [0.1, 0.15) is 100 Å². The average Bonchev–Trinajstić information content (AvgIpc) is 3.45. The molecule has 5 nitrogen and oxygen atoms in total. The molecule has 0 N–H and O–H groups in total. The Morgan fingerprint density at radius 1 is 0.884 bits per heavy atom. The second-order valence-corrected chi connectivity index (χ2v) is 26.8. The van der Waals surface area contributed by atoms with E-state index in [0.717, 1.165) is 44.1 Å². The van der Waals surface area contributed by atoms with Crippen molar-refractivity contribution in [3.8, 4) is 0 Å². The smallest absolute Gasteiger partial charge is 0.306 e. The van der Waals surface area contributed by atoms with E-state index in [2.05, 4.69) is 99.8 Å². The van der Waals surface area contributed by atoms with Gasteiger partial charge in [-0.15, -0.1) is 0 Å². The second-order valence-electron chi connectivity index (χ2n) is 17.3. The van der Waals surface area contributed by atoms with E-state index >= 15 is 0 Å². The number of ketones is 1. The molecule has 9 atom stereocenters. The molecule has 1 saturated carbocycles. The Morgan fingerprint density at radius 3 is 2.12 bits per heavy atom. The highest BCUT2D eigenvalue weighted by Crippen LogP contribution is 2.55. The number of Topliss-reactive ketones (excluding diaryl/α,β-unsaturated/α-hetero) is 1. The minimum Gasteiger partial charge on any atom is -0.462 e. The molecule has 4 aliphatic rings. The summed E-state index contributed by atoms with van der Waals surface area (Å²) in [5, 5.41) is 0.243. The number of hydrogen-bond donors (Lipinski definition) is 0. The van der Waals surface area contributed by atoms with Crippen LogP contribution in [0.25, 0.3) is 0 Å². The number of esters is 1. The molecule has 0 spiro atoms. The van der Waals surface area contributed by atoms with Crippen LogP contribution in [0.3, 0.4) is 0 Å². The van der Waals surface area contributed by atoms with E-state index in [1.165, 1.54) is 0 Å². The molecule has 0 aromatic rings. The van der Waals surface area contributed by atoms with Crippen molar-refractivity contribution in [2.45, 2.75) is 155 Å². The number of carbonyl (C=O) groups is 2. The molecule has 3 aliphatic carbocycles. The minimum atomic E-state index is -2.09. The number of fused-ring (bicyclic) bond motifs is 5. The van der Waals surface area contributed by atoms with Crippen molar-refractivity contribution in [2.24, 2.45) is 35.5 Å². The predicted molar refractivity (Wildman–Crippen MR) is 181 cm³/mol. The van der Waals surface area contributed by atoms with Gasteiger partial charge in [0.05, 0.1) is 12.5 Å². The third kappa shape index (κ3) is 7.36. The zero-order chi connectivity index (χ0) is 32.1. The fourth-order valence-electron chi connectivity index (χ4n) is 7.48. The van der Waals surface area contributed by atoms with Crippen molar-refractivity contribution in [3.63, 3.8) is 0 Å². The summed E-state index contributed by atoms with van der Waals surface area (Å²) in [4.78, 5) is 27.8. The molecule has 0 unspecified atom stereocenters. The van der Waals surface area contributed by atoms with Gasteiger partial charge >= 0.3 is 5.97 Å². The fourth-order valence-corrected chi connectivity index (χ4v) is 10.3. The van der Waals surface area contributed by atoms with E-state index in [4.69, 9.17) is 13.6 Å². The third-order valence-electron chi connectivity index (χ3n) is 12.3. The van der Waals surface area contributed by atoms with Crippen molar-refractivity contribution in [1.29, 1.82) is 0 Å². The van der Waals surface area contributed by atoms with Crippen molar-refractivity contribution in [2.75, 3.05) is 0 Å². The fraction of sp³-hybridized carbons (Fsp3) is 0.833. The number of rotatable bonds is 5. The lowest BCUT2D eigenvalue weighted by molar-refractivity contribution is -0.151. The maximum atomic E-state index is 14.5. The lowest BCUT2D eigenvalue weighted by Crippen LogP contribution is -2.47. The Bertz CT molecular complexity index is 1090. The van der Waals surface area contributed by atoms with Crippen molar-refractivity contribution in [3.05, 3.63) is 23.8 Å². The first-order chi connectivity index (χ1) is 19.8. The number of allylic oxidation sites excluding steroid dienone is 4. The van der Waals surface area contributed by atoms with Crippen LogP contribution >= 0.6 is 0 Å². The predicted octanol–water partition coefficient (Wildman–Crippen LogP) is 9.25. The van der Waals surface area contributed by atoms with Crippen LogP contribution in [0, 0.1) is 35.5 Å². The van der Waals surface area contributed by atoms with E-state index in [9.17, 15) is 9.59 Å². The van der Waals surface area contributed by atoms with Crippen LogP contribution in [0.2, 0.25) is 36.3 Å². The van der Waals surface area contributed by atoms with Crippen molar-refractivity contribution in [1.82, 2.24) is 0 Å². The molecule has 2 fully saturated rings. The van der Waals surface area contributed by atoms with Crippen LogP contribution in [0.15, 0.2) is 23.8 Å². The Morgan fingerprint density at radius 2 is 1.51 bits per heavy atom. The SMILES string of the molecule is CC[C@H]1CCC[C@H](O[Si](C)(C)C(C)(C)C)[C@@H](C)C(=O)C2=C[C@@H]3[C@@H](C=C[C@@H]4C[C@@H](O[Si](C)(C)C(C)(C)C)C[C@@H]34)[C@@H]2CC(=O)O1. The summed E-state index contributed by atoms with van der Waals surface area (Å²) in [6.07, 6.45) is 12.8. The van der Waals surface area contributed by atoms with Crippen LogP contribution < -0.4 is 0 Å². The summed E-state index contributed by atoms with van der Waals surface area (Å²) in [5.41, 5.74) is 0.857. The Kier molecular flexibility index (Phi) is 10.2. The molecule has 0 aromatic heterocycles. The van der Waals surface area contributed by atoms with Gasteiger partial charge in [0.25, 0.3) is 0 Å². The van der Waals surface area contributed by atoms with Crippen LogP contribution in [-0.2, 0) is 23.2 Å². The first-order valence-corrected chi connectivity index (χ1v) is 23.1. The first kappa shape index (κ1) is 34.8. The van der Waals surface area contributed by atoms with Gasteiger partial charge in [-0.1, -0.05) is 73.6 Å². The highest BCUT2D eigenvalue weighted by molar-refractivity contribution is 6.74. The summed E-state index contributed by atoms with van der Waals surface area (Å²) in [7, 11) is -3.97. The molecule has 1 heterocycles. The Hall–Kier alpha value is -1.03. The number of cyclic esters (lactones) is 1. The monoisotopic (exact) mass is 630 g/mol. The number of hydrogen-bond acceptors (Lipinski definition) is 5. The lowest BCUT2D eigenvalue weighted by Gasteiger charge is -2.41.